The molecule has 64 valence electrons. The van der Waals surface area contributed by atoms with Gasteiger partial charge >= 0.3 is 0 Å². The number of ether oxygens (including phenoxy) is 2. The summed E-state index contributed by atoms with van der Waals surface area (Å²) in [5.74, 6) is 0.314. The van der Waals surface area contributed by atoms with Crippen LogP contribution in [0.1, 0.15) is 11.7 Å². The van der Waals surface area contributed by atoms with Gasteiger partial charge in [0.2, 0.25) is 0 Å². The number of hydrogen-bond acceptors (Lipinski definition) is 2. The van der Waals surface area contributed by atoms with Gasteiger partial charge in [0.15, 0.2) is 0 Å². The summed E-state index contributed by atoms with van der Waals surface area (Å²) >= 11 is 0. The fraction of sp³-hybridized carbons (Fsp3) is 0.333. The first-order valence-electron chi connectivity index (χ1n) is 3.77. The highest BCUT2D eigenvalue weighted by Crippen LogP contribution is 2.37. The third-order valence-electron chi connectivity index (χ3n) is 1.89. The number of hydrogen-bond donors (Lipinski definition) is 0. The standard InChI is InChI=1S/C9H9FO2/c1-11-7-4-2-3-6(10)9(7)8-5-12-8/h2-4,8H,5H2,1H3/t8-/m0/s1. The normalized spacial score (nSPS) is 20.7. The van der Waals surface area contributed by atoms with Crippen LogP contribution < -0.4 is 4.74 Å². The van der Waals surface area contributed by atoms with Gasteiger partial charge in [0.25, 0.3) is 0 Å². The van der Waals surface area contributed by atoms with Gasteiger partial charge in [-0.1, -0.05) is 6.07 Å². The van der Waals surface area contributed by atoms with Gasteiger partial charge in [0, 0.05) is 0 Å². The molecule has 1 saturated heterocycles. The largest absolute Gasteiger partial charge is 0.496 e. The van der Waals surface area contributed by atoms with Gasteiger partial charge in [0.05, 0.1) is 19.3 Å². The van der Waals surface area contributed by atoms with Crippen molar-refractivity contribution in [3.8, 4) is 5.75 Å². The summed E-state index contributed by atoms with van der Waals surface area (Å²) in [4.78, 5) is 0. The van der Waals surface area contributed by atoms with Crippen molar-refractivity contribution in [1.29, 1.82) is 0 Å². The number of methoxy groups -OCH3 is 1. The SMILES string of the molecule is COc1cccc(F)c1[C@@H]1CO1. The molecule has 0 amide bonds. The van der Waals surface area contributed by atoms with E-state index in [0.29, 0.717) is 17.9 Å². The summed E-state index contributed by atoms with van der Waals surface area (Å²) in [6, 6.07) is 4.78. The molecule has 0 radical (unpaired) electrons. The predicted molar refractivity (Wildman–Crippen MR) is 41.6 cm³/mol. The molecular formula is C9H9FO2. The number of halogens is 1. The molecule has 12 heavy (non-hydrogen) atoms. The van der Waals surface area contributed by atoms with Gasteiger partial charge < -0.3 is 9.47 Å². The van der Waals surface area contributed by atoms with E-state index in [9.17, 15) is 4.39 Å². The zero-order chi connectivity index (χ0) is 8.55. The molecule has 0 bridgehead atoms. The van der Waals surface area contributed by atoms with E-state index in [4.69, 9.17) is 9.47 Å². The molecule has 0 spiro atoms. The van der Waals surface area contributed by atoms with Crippen molar-refractivity contribution in [2.75, 3.05) is 13.7 Å². The summed E-state index contributed by atoms with van der Waals surface area (Å²) in [7, 11) is 1.53. The average Bonchev–Trinajstić information content (AvgIpc) is 2.87. The van der Waals surface area contributed by atoms with Crippen LogP contribution in [0.25, 0.3) is 0 Å². The van der Waals surface area contributed by atoms with Crippen molar-refractivity contribution in [2.45, 2.75) is 6.10 Å². The monoisotopic (exact) mass is 168 g/mol. The van der Waals surface area contributed by atoms with E-state index >= 15 is 0 Å². The first kappa shape index (κ1) is 7.55. The maximum Gasteiger partial charge on any atom is 0.132 e. The summed E-state index contributed by atoms with van der Waals surface area (Å²) in [6.07, 6.45) is -0.0962. The molecule has 1 aromatic rings. The van der Waals surface area contributed by atoms with E-state index in [1.54, 1.807) is 12.1 Å². The number of epoxide rings is 1. The van der Waals surface area contributed by atoms with Crippen molar-refractivity contribution < 1.29 is 13.9 Å². The van der Waals surface area contributed by atoms with Gasteiger partial charge in [-0.3, -0.25) is 0 Å². The van der Waals surface area contributed by atoms with Gasteiger partial charge in [0.1, 0.15) is 17.7 Å². The molecule has 0 N–H and O–H groups in total. The molecule has 0 saturated carbocycles. The minimum atomic E-state index is -0.253. The van der Waals surface area contributed by atoms with Crippen LogP contribution >= 0.6 is 0 Å². The average molecular weight is 168 g/mol. The molecule has 0 unspecified atom stereocenters. The fourth-order valence-electron chi connectivity index (χ4n) is 1.22. The lowest BCUT2D eigenvalue weighted by Crippen LogP contribution is -1.94. The van der Waals surface area contributed by atoms with Crippen LogP contribution in [0.15, 0.2) is 18.2 Å². The van der Waals surface area contributed by atoms with Gasteiger partial charge in [-0.25, -0.2) is 4.39 Å². The molecule has 0 aliphatic carbocycles. The smallest absolute Gasteiger partial charge is 0.132 e. The van der Waals surface area contributed by atoms with E-state index in [1.807, 2.05) is 0 Å². The quantitative estimate of drug-likeness (QED) is 0.629. The lowest BCUT2D eigenvalue weighted by atomic mass is 10.1. The maximum atomic E-state index is 13.2. The zero-order valence-electron chi connectivity index (χ0n) is 6.71. The Morgan fingerprint density at radius 2 is 2.33 bits per heavy atom. The molecule has 1 aromatic carbocycles. The molecule has 1 heterocycles. The molecule has 1 aliphatic heterocycles. The van der Waals surface area contributed by atoms with E-state index in [0.717, 1.165) is 0 Å². The summed E-state index contributed by atoms with van der Waals surface area (Å²) < 4.78 is 23.2. The lowest BCUT2D eigenvalue weighted by molar-refractivity contribution is 0.374. The maximum absolute atomic E-state index is 13.2. The van der Waals surface area contributed by atoms with Crippen LogP contribution in [0, 0.1) is 5.82 Å². The van der Waals surface area contributed by atoms with Gasteiger partial charge in [-0.05, 0) is 12.1 Å². The third-order valence-corrected chi connectivity index (χ3v) is 1.89. The Kier molecular flexibility index (Phi) is 1.73. The molecule has 1 atom stereocenters. The van der Waals surface area contributed by atoms with Gasteiger partial charge in [-0.2, -0.15) is 0 Å². The predicted octanol–water partition coefficient (Wildman–Crippen LogP) is 1.91. The zero-order valence-corrected chi connectivity index (χ0v) is 6.71. The Hall–Kier alpha value is -1.09. The van der Waals surface area contributed by atoms with Crippen molar-refractivity contribution in [3.05, 3.63) is 29.6 Å². The Bertz CT molecular complexity index is 295. The van der Waals surface area contributed by atoms with Crippen LogP contribution in [0.3, 0.4) is 0 Å². The van der Waals surface area contributed by atoms with Crippen molar-refractivity contribution in [2.24, 2.45) is 0 Å². The summed E-state index contributed by atoms with van der Waals surface area (Å²) in [5.41, 5.74) is 0.542. The van der Waals surface area contributed by atoms with Crippen molar-refractivity contribution in [1.82, 2.24) is 0 Å². The first-order chi connectivity index (χ1) is 5.83. The second kappa shape index (κ2) is 2.75. The Morgan fingerprint density at radius 3 is 2.92 bits per heavy atom. The Balaban J connectivity index is 2.45. The minimum absolute atomic E-state index is 0.0962. The third kappa shape index (κ3) is 1.16. The second-order valence-electron chi connectivity index (χ2n) is 2.68. The van der Waals surface area contributed by atoms with Crippen LogP contribution in [-0.2, 0) is 4.74 Å². The van der Waals surface area contributed by atoms with Crippen molar-refractivity contribution >= 4 is 0 Å². The number of rotatable bonds is 2. The molecule has 2 rings (SSSR count). The highest BCUT2D eigenvalue weighted by Gasteiger charge is 2.30. The summed E-state index contributed by atoms with van der Waals surface area (Å²) in [6.45, 7) is 0.595. The van der Waals surface area contributed by atoms with E-state index < -0.39 is 0 Å². The molecular weight excluding hydrogens is 159 g/mol. The van der Waals surface area contributed by atoms with Crippen molar-refractivity contribution in [3.63, 3.8) is 0 Å². The topological polar surface area (TPSA) is 21.8 Å². The molecule has 1 aliphatic rings. The Labute approximate surface area is 69.9 Å². The molecule has 3 heteroatoms. The van der Waals surface area contributed by atoms with Crippen LogP contribution in [0.5, 0.6) is 5.75 Å². The lowest BCUT2D eigenvalue weighted by Gasteiger charge is -2.05. The van der Waals surface area contributed by atoms with E-state index in [1.165, 1.54) is 13.2 Å². The van der Waals surface area contributed by atoms with Crippen LogP contribution in [0.4, 0.5) is 4.39 Å². The molecule has 2 nitrogen and oxygen atoms in total. The highest BCUT2D eigenvalue weighted by molar-refractivity contribution is 5.37. The van der Waals surface area contributed by atoms with E-state index in [2.05, 4.69) is 0 Å². The van der Waals surface area contributed by atoms with E-state index in [-0.39, 0.29) is 11.9 Å². The molecule has 1 fully saturated rings. The highest BCUT2D eigenvalue weighted by atomic mass is 19.1. The van der Waals surface area contributed by atoms with Crippen LogP contribution in [-0.4, -0.2) is 13.7 Å². The number of benzene rings is 1. The Morgan fingerprint density at radius 1 is 1.58 bits per heavy atom. The first-order valence-corrected chi connectivity index (χ1v) is 3.77. The second-order valence-corrected chi connectivity index (χ2v) is 2.68. The fourth-order valence-corrected chi connectivity index (χ4v) is 1.22. The van der Waals surface area contributed by atoms with Crippen LogP contribution in [0.2, 0.25) is 0 Å². The molecule has 0 aromatic heterocycles. The summed E-state index contributed by atoms with van der Waals surface area (Å²) in [5, 5.41) is 0. The minimum Gasteiger partial charge on any atom is -0.496 e. The van der Waals surface area contributed by atoms with Gasteiger partial charge in [-0.15, -0.1) is 0 Å².